The molecule has 1 atom stereocenters. The molecule has 1 aromatic rings. The van der Waals surface area contributed by atoms with Gasteiger partial charge in [-0.2, -0.15) is 11.8 Å². The summed E-state index contributed by atoms with van der Waals surface area (Å²) >= 11 is 11.6. The number of thioether (sulfide) groups is 1. The molecule has 1 N–H and O–H groups in total. The van der Waals surface area contributed by atoms with E-state index in [-0.39, 0.29) is 0 Å². The van der Waals surface area contributed by atoms with Crippen molar-refractivity contribution in [1.29, 1.82) is 0 Å². The highest BCUT2D eigenvalue weighted by Gasteiger charge is 2.11. The van der Waals surface area contributed by atoms with Gasteiger partial charge in [-0.25, -0.2) is 0 Å². The van der Waals surface area contributed by atoms with Gasteiger partial charge in [-0.1, -0.05) is 47.4 Å². The van der Waals surface area contributed by atoms with Crippen molar-refractivity contribution in [3.63, 3.8) is 0 Å². The van der Waals surface area contributed by atoms with E-state index in [1.165, 1.54) is 5.56 Å². The maximum absolute atomic E-state index is 6.23. The van der Waals surface area contributed by atoms with Crippen molar-refractivity contribution in [2.45, 2.75) is 31.6 Å². The summed E-state index contributed by atoms with van der Waals surface area (Å²) in [5, 5.41) is 4.87. The third-order valence-corrected chi connectivity index (χ3v) is 4.63. The van der Waals surface area contributed by atoms with Crippen LogP contribution in [-0.4, -0.2) is 24.1 Å². The van der Waals surface area contributed by atoms with Crippen LogP contribution in [0.25, 0.3) is 0 Å². The number of nitrogens with one attached hydrogen (secondary N) is 1. The number of rotatable bonds is 6. The minimum absolute atomic E-state index is 0.473. The fraction of sp³-hybridized carbons (Fsp3) is 0.538. The standard InChI is InChI=1S/C13H19BrClNS/c1-9(2)17-8-12(16-3)6-10-4-5-11(14)7-13(10)15/h4-5,7,9,12,16H,6,8H2,1-3H3. The van der Waals surface area contributed by atoms with Crippen molar-refractivity contribution in [2.24, 2.45) is 0 Å². The van der Waals surface area contributed by atoms with Gasteiger partial charge >= 0.3 is 0 Å². The zero-order valence-corrected chi connectivity index (χ0v) is 13.6. The third kappa shape index (κ3) is 5.64. The summed E-state index contributed by atoms with van der Waals surface area (Å²) in [5.41, 5.74) is 1.21. The first-order valence-electron chi connectivity index (χ1n) is 5.75. The molecule has 0 saturated heterocycles. The van der Waals surface area contributed by atoms with Gasteiger partial charge in [0.05, 0.1) is 0 Å². The monoisotopic (exact) mass is 335 g/mol. The molecule has 0 radical (unpaired) electrons. The number of hydrogen-bond donors (Lipinski definition) is 1. The van der Waals surface area contributed by atoms with E-state index in [1.807, 2.05) is 30.9 Å². The van der Waals surface area contributed by atoms with Crippen LogP contribution in [0.4, 0.5) is 0 Å². The molecule has 0 aliphatic heterocycles. The van der Waals surface area contributed by atoms with Crippen LogP contribution in [0.3, 0.4) is 0 Å². The number of likely N-dealkylation sites (N-methyl/N-ethyl adjacent to an activating group) is 1. The second kappa shape index (κ2) is 7.67. The first-order valence-corrected chi connectivity index (χ1v) is 7.97. The van der Waals surface area contributed by atoms with Gasteiger partial charge < -0.3 is 5.32 Å². The molecule has 96 valence electrons. The van der Waals surface area contributed by atoms with Crippen LogP contribution < -0.4 is 5.32 Å². The lowest BCUT2D eigenvalue weighted by atomic mass is 10.1. The first-order chi connectivity index (χ1) is 8.02. The molecule has 0 aliphatic carbocycles. The summed E-state index contributed by atoms with van der Waals surface area (Å²) in [6.45, 7) is 4.45. The summed E-state index contributed by atoms with van der Waals surface area (Å²) in [6, 6.07) is 6.57. The van der Waals surface area contributed by atoms with Crippen LogP contribution >= 0.6 is 39.3 Å². The van der Waals surface area contributed by atoms with Gasteiger partial charge in [0.2, 0.25) is 0 Å². The van der Waals surface area contributed by atoms with E-state index >= 15 is 0 Å². The molecule has 1 unspecified atom stereocenters. The van der Waals surface area contributed by atoms with Crippen molar-refractivity contribution in [1.82, 2.24) is 5.32 Å². The molecule has 0 fully saturated rings. The molecule has 1 nitrogen and oxygen atoms in total. The van der Waals surface area contributed by atoms with Gasteiger partial charge in [0.1, 0.15) is 0 Å². The minimum atomic E-state index is 0.473. The molecule has 1 rings (SSSR count). The summed E-state index contributed by atoms with van der Waals surface area (Å²) in [4.78, 5) is 0. The minimum Gasteiger partial charge on any atom is -0.316 e. The summed E-state index contributed by atoms with van der Waals surface area (Å²) in [7, 11) is 2.01. The number of hydrogen-bond acceptors (Lipinski definition) is 2. The van der Waals surface area contributed by atoms with Crippen LogP contribution in [0, 0.1) is 0 Å². The Morgan fingerprint density at radius 3 is 2.65 bits per heavy atom. The first kappa shape index (κ1) is 15.4. The zero-order valence-electron chi connectivity index (χ0n) is 10.5. The lowest BCUT2D eigenvalue weighted by Crippen LogP contribution is -2.30. The van der Waals surface area contributed by atoms with Crippen molar-refractivity contribution in [2.75, 3.05) is 12.8 Å². The maximum Gasteiger partial charge on any atom is 0.0449 e. The average molecular weight is 337 g/mol. The van der Waals surface area contributed by atoms with Crippen LogP contribution in [0.2, 0.25) is 5.02 Å². The Hall–Kier alpha value is 0.300. The van der Waals surface area contributed by atoms with Crippen molar-refractivity contribution in [3.8, 4) is 0 Å². The Labute approximate surface area is 122 Å². The molecule has 0 saturated carbocycles. The number of halogens is 2. The highest BCUT2D eigenvalue weighted by atomic mass is 79.9. The van der Waals surface area contributed by atoms with Crippen LogP contribution in [0.15, 0.2) is 22.7 Å². The van der Waals surface area contributed by atoms with Gasteiger partial charge in [0.15, 0.2) is 0 Å². The van der Waals surface area contributed by atoms with Gasteiger partial charge in [-0.15, -0.1) is 0 Å². The molecule has 0 bridgehead atoms. The van der Waals surface area contributed by atoms with E-state index in [0.29, 0.717) is 11.3 Å². The second-order valence-corrected chi connectivity index (χ2v) is 7.24. The lowest BCUT2D eigenvalue weighted by molar-refractivity contribution is 0.616. The Morgan fingerprint density at radius 1 is 1.41 bits per heavy atom. The predicted molar refractivity (Wildman–Crippen MR) is 83.3 cm³/mol. The Bertz CT molecular complexity index is 357. The zero-order chi connectivity index (χ0) is 12.8. The molecular weight excluding hydrogens is 318 g/mol. The lowest BCUT2D eigenvalue weighted by Gasteiger charge is -2.18. The van der Waals surface area contributed by atoms with Gasteiger partial charge in [-0.05, 0) is 36.4 Å². The van der Waals surface area contributed by atoms with Crippen molar-refractivity contribution < 1.29 is 0 Å². The van der Waals surface area contributed by atoms with E-state index in [0.717, 1.165) is 21.7 Å². The Balaban J connectivity index is 2.60. The van der Waals surface area contributed by atoms with E-state index in [4.69, 9.17) is 11.6 Å². The molecule has 0 aromatic heterocycles. The molecule has 0 aliphatic rings. The molecule has 0 heterocycles. The number of benzene rings is 1. The smallest absolute Gasteiger partial charge is 0.0449 e. The van der Waals surface area contributed by atoms with Crippen LogP contribution in [0.1, 0.15) is 19.4 Å². The molecule has 1 aromatic carbocycles. The fourth-order valence-corrected chi connectivity index (χ4v) is 3.16. The van der Waals surface area contributed by atoms with Gasteiger partial charge in [0, 0.05) is 21.3 Å². The van der Waals surface area contributed by atoms with Crippen molar-refractivity contribution >= 4 is 39.3 Å². The largest absolute Gasteiger partial charge is 0.316 e. The van der Waals surface area contributed by atoms with Crippen LogP contribution in [0.5, 0.6) is 0 Å². The normalized spacial score (nSPS) is 13.1. The molecule has 0 spiro atoms. The highest BCUT2D eigenvalue weighted by Crippen LogP contribution is 2.23. The van der Waals surface area contributed by atoms with Gasteiger partial charge in [-0.3, -0.25) is 0 Å². The summed E-state index contributed by atoms with van der Waals surface area (Å²) < 4.78 is 1.03. The van der Waals surface area contributed by atoms with Crippen molar-refractivity contribution in [3.05, 3.63) is 33.3 Å². The summed E-state index contributed by atoms with van der Waals surface area (Å²) in [6.07, 6.45) is 0.975. The Morgan fingerprint density at radius 2 is 2.12 bits per heavy atom. The topological polar surface area (TPSA) is 12.0 Å². The quantitative estimate of drug-likeness (QED) is 0.827. The molecule has 4 heteroatoms. The predicted octanol–water partition coefficient (Wildman–Crippen LogP) is 4.37. The van der Waals surface area contributed by atoms with Gasteiger partial charge in [0.25, 0.3) is 0 Å². The third-order valence-electron chi connectivity index (χ3n) is 2.52. The van der Waals surface area contributed by atoms with E-state index in [2.05, 4.69) is 41.2 Å². The van der Waals surface area contributed by atoms with Crippen LogP contribution in [-0.2, 0) is 6.42 Å². The molecule has 0 amide bonds. The highest BCUT2D eigenvalue weighted by molar-refractivity contribution is 9.10. The van der Waals surface area contributed by atoms with E-state index in [1.54, 1.807) is 0 Å². The fourth-order valence-electron chi connectivity index (χ4n) is 1.51. The Kier molecular flexibility index (Phi) is 6.93. The van der Waals surface area contributed by atoms with E-state index in [9.17, 15) is 0 Å². The van der Waals surface area contributed by atoms with E-state index < -0.39 is 0 Å². The average Bonchev–Trinajstić information content (AvgIpc) is 2.26. The maximum atomic E-state index is 6.23. The molecule has 17 heavy (non-hydrogen) atoms. The second-order valence-electron chi connectivity index (χ2n) is 4.31. The molecular formula is C13H19BrClNS. The summed E-state index contributed by atoms with van der Waals surface area (Å²) in [5.74, 6) is 1.11. The SMILES string of the molecule is CNC(CSC(C)C)Cc1ccc(Br)cc1Cl.